The summed E-state index contributed by atoms with van der Waals surface area (Å²) >= 11 is 9.35. The van der Waals surface area contributed by atoms with Crippen molar-refractivity contribution in [1.82, 2.24) is 0 Å². The molecule has 0 aliphatic heterocycles. The molecule has 0 spiro atoms. The second-order valence-corrected chi connectivity index (χ2v) is 5.03. The van der Waals surface area contributed by atoms with Crippen molar-refractivity contribution in [1.29, 1.82) is 0 Å². The first-order valence-corrected chi connectivity index (χ1v) is 6.36. The van der Waals surface area contributed by atoms with Crippen LogP contribution in [0.2, 0.25) is 5.02 Å². The molecule has 0 heterocycles. The van der Waals surface area contributed by atoms with Crippen LogP contribution in [0.3, 0.4) is 0 Å². The van der Waals surface area contributed by atoms with Gasteiger partial charge in [-0.1, -0.05) is 57.9 Å². The maximum atomic E-state index is 12.1. The number of ketones is 1. The first kappa shape index (κ1) is 12.3. The van der Waals surface area contributed by atoms with Crippen molar-refractivity contribution in [3.63, 3.8) is 0 Å². The number of carbonyl (C=O) groups excluding carboxylic acids is 1. The van der Waals surface area contributed by atoms with Gasteiger partial charge in [0, 0.05) is 16.5 Å². The molecule has 2 rings (SSSR count). The van der Waals surface area contributed by atoms with Crippen molar-refractivity contribution in [2.45, 2.75) is 6.42 Å². The molecule has 2 aromatic carbocycles. The predicted molar refractivity (Wildman–Crippen MR) is 73.6 cm³/mol. The predicted octanol–water partition coefficient (Wildman–Crippen LogP) is 4.53. The molecule has 0 N–H and O–H groups in total. The summed E-state index contributed by atoms with van der Waals surface area (Å²) in [6.07, 6.45) is 0.372. The van der Waals surface area contributed by atoms with Gasteiger partial charge in [0.05, 0.1) is 5.02 Å². The highest BCUT2D eigenvalue weighted by Gasteiger charge is 2.11. The van der Waals surface area contributed by atoms with Crippen molar-refractivity contribution in [2.24, 2.45) is 0 Å². The molecular weight excluding hydrogens is 300 g/mol. The molecule has 0 bridgehead atoms. The van der Waals surface area contributed by atoms with Crippen LogP contribution >= 0.6 is 27.5 Å². The Morgan fingerprint density at radius 3 is 2.53 bits per heavy atom. The molecule has 3 heteroatoms. The molecule has 0 fully saturated rings. The van der Waals surface area contributed by atoms with E-state index in [4.69, 9.17) is 11.6 Å². The summed E-state index contributed by atoms with van der Waals surface area (Å²) in [4.78, 5) is 12.1. The molecular formula is C14H10BrClO. The van der Waals surface area contributed by atoms with E-state index >= 15 is 0 Å². The quantitative estimate of drug-likeness (QED) is 0.761. The summed E-state index contributed by atoms with van der Waals surface area (Å²) in [6.45, 7) is 0. The van der Waals surface area contributed by atoms with Crippen LogP contribution in [0.15, 0.2) is 53.0 Å². The lowest BCUT2D eigenvalue weighted by molar-refractivity contribution is 0.0993. The van der Waals surface area contributed by atoms with Crippen LogP contribution in [-0.2, 0) is 6.42 Å². The Hall–Kier alpha value is -1.12. The van der Waals surface area contributed by atoms with Gasteiger partial charge in [-0.05, 0) is 23.8 Å². The Labute approximate surface area is 114 Å². The monoisotopic (exact) mass is 308 g/mol. The Morgan fingerprint density at radius 2 is 1.82 bits per heavy atom. The highest BCUT2D eigenvalue weighted by molar-refractivity contribution is 9.10. The lowest BCUT2D eigenvalue weighted by Gasteiger charge is -2.04. The molecule has 1 nitrogen and oxygen atoms in total. The van der Waals surface area contributed by atoms with Gasteiger partial charge in [-0.2, -0.15) is 0 Å². The molecule has 0 atom stereocenters. The van der Waals surface area contributed by atoms with Gasteiger partial charge >= 0.3 is 0 Å². The Bertz CT molecular complexity index is 537. The Kier molecular flexibility index (Phi) is 3.97. The van der Waals surface area contributed by atoms with Crippen molar-refractivity contribution < 1.29 is 4.79 Å². The molecule has 0 saturated carbocycles. The maximum Gasteiger partial charge on any atom is 0.168 e. The van der Waals surface area contributed by atoms with Crippen LogP contribution in [0.1, 0.15) is 15.9 Å². The van der Waals surface area contributed by atoms with Crippen LogP contribution in [0.25, 0.3) is 0 Å². The number of hydrogen-bond donors (Lipinski definition) is 0. The smallest absolute Gasteiger partial charge is 0.168 e. The Morgan fingerprint density at radius 1 is 1.12 bits per heavy atom. The third-order valence-electron chi connectivity index (χ3n) is 2.44. The highest BCUT2D eigenvalue weighted by atomic mass is 79.9. The minimum atomic E-state index is 0.0301. The van der Waals surface area contributed by atoms with E-state index in [0.717, 1.165) is 10.0 Å². The first-order chi connectivity index (χ1) is 8.16. The molecule has 86 valence electrons. The summed E-state index contributed by atoms with van der Waals surface area (Å²) < 4.78 is 0.860. The molecule has 0 saturated heterocycles. The van der Waals surface area contributed by atoms with Crippen LogP contribution in [0, 0.1) is 0 Å². The molecule has 0 amide bonds. The normalized spacial score (nSPS) is 10.2. The van der Waals surface area contributed by atoms with Crippen LogP contribution in [-0.4, -0.2) is 5.78 Å². The third kappa shape index (κ3) is 3.18. The fraction of sp³-hybridized carbons (Fsp3) is 0.0714. The van der Waals surface area contributed by atoms with E-state index in [1.54, 1.807) is 12.1 Å². The SMILES string of the molecule is O=C(Cc1ccccc1)c1cc(Br)ccc1Cl. The fourth-order valence-corrected chi connectivity index (χ4v) is 2.17. The van der Waals surface area contributed by atoms with E-state index in [1.165, 1.54) is 0 Å². The fourth-order valence-electron chi connectivity index (χ4n) is 1.59. The number of benzene rings is 2. The Balaban J connectivity index is 2.23. The molecule has 2 aromatic rings. The average Bonchev–Trinajstić information content (AvgIpc) is 2.33. The van der Waals surface area contributed by atoms with E-state index in [9.17, 15) is 4.79 Å². The first-order valence-electron chi connectivity index (χ1n) is 5.19. The van der Waals surface area contributed by atoms with E-state index in [0.29, 0.717) is 17.0 Å². The van der Waals surface area contributed by atoms with Gasteiger partial charge < -0.3 is 0 Å². The molecule has 17 heavy (non-hydrogen) atoms. The summed E-state index contributed by atoms with van der Waals surface area (Å²) in [7, 11) is 0. The number of carbonyl (C=O) groups is 1. The summed E-state index contributed by atoms with van der Waals surface area (Å²) in [6, 6.07) is 14.9. The van der Waals surface area contributed by atoms with Gasteiger partial charge in [0.2, 0.25) is 0 Å². The zero-order valence-corrected chi connectivity index (χ0v) is 11.3. The molecule has 0 aliphatic carbocycles. The highest BCUT2D eigenvalue weighted by Crippen LogP contribution is 2.22. The van der Waals surface area contributed by atoms with Gasteiger partial charge in [-0.3, -0.25) is 4.79 Å². The van der Waals surface area contributed by atoms with Gasteiger partial charge in [0.15, 0.2) is 5.78 Å². The average molecular weight is 310 g/mol. The van der Waals surface area contributed by atoms with Crippen molar-refractivity contribution in [3.8, 4) is 0 Å². The number of halogens is 2. The zero-order valence-electron chi connectivity index (χ0n) is 8.99. The summed E-state index contributed by atoms with van der Waals surface area (Å²) in [5, 5.41) is 0.495. The number of rotatable bonds is 3. The van der Waals surface area contributed by atoms with Gasteiger partial charge in [0.25, 0.3) is 0 Å². The second kappa shape index (κ2) is 5.48. The van der Waals surface area contributed by atoms with E-state index in [2.05, 4.69) is 15.9 Å². The topological polar surface area (TPSA) is 17.1 Å². The van der Waals surface area contributed by atoms with E-state index < -0.39 is 0 Å². The number of Topliss-reactive ketones (excluding diaryl/α,β-unsaturated/α-hetero) is 1. The van der Waals surface area contributed by atoms with E-state index in [-0.39, 0.29) is 5.78 Å². The largest absolute Gasteiger partial charge is 0.294 e. The molecule has 0 aromatic heterocycles. The van der Waals surface area contributed by atoms with E-state index in [1.807, 2.05) is 36.4 Å². The third-order valence-corrected chi connectivity index (χ3v) is 3.26. The standard InChI is InChI=1S/C14H10BrClO/c15-11-6-7-13(16)12(9-11)14(17)8-10-4-2-1-3-5-10/h1-7,9H,8H2. The van der Waals surface area contributed by atoms with Crippen LogP contribution in [0.5, 0.6) is 0 Å². The second-order valence-electron chi connectivity index (χ2n) is 3.71. The van der Waals surface area contributed by atoms with Crippen molar-refractivity contribution >= 4 is 33.3 Å². The number of hydrogen-bond acceptors (Lipinski definition) is 1. The lowest BCUT2D eigenvalue weighted by Crippen LogP contribution is -2.04. The van der Waals surface area contributed by atoms with Crippen molar-refractivity contribution in [3.05, 3.63) is 69.2 Å². The van der Waals surface area contributed by atoms with Gasteiger partial charge in [0.1, 0.15) is 0 Å². The molecule has 0 radical (unpaired) electrons. The minimum absolute atomic E-state index is 0.0301. The zero-order chi connectivity index (χ0) is 12.3. The summed E-state index contributed by atoms with van der Waals surface area (Å²) in [5.74, 6) is 0.0301. The molecule has 0 unspecified atom stereocenters. The van der Waals surface area contributed by atoms with Crippen LogP contribution in [0.4, 0.5) is 0 Å². The minimum Gasteiger partial charge on any atom is -0.294 e. The van der Waals surface area contributed by atoms with Gasteiger partial charge in [-0.25, -0.2) is 0 Å². The lowest BCUT2D eigenvalue weighted by atomic mass is 10.0. The summed E-state index contributed by atoms with van der Waals surface area (Å²) in [5.41, 5.74) is 1.55. The van der Waals surface area contributed by atoms with Crippen LogP contribution < -0.4 is 0 Å². The maximum absolute atomic E-state index is 12.1. The van der Waals surface area contributed by atoms with Crippen molar-refractivity contribution in [2.75, 3.05) is 0 Å². The van der Waals surface area contributed by atoms with Gasteiger partial charge in [-0.15, -0.1) is 0 Å². The molecule has 0 aliphatic rings.